The molecule has 0 heterocycles. The van der Waals surface area contributed by atoms with Crippen LogP contribution in [0.4, 0.5) is 0 Å². The largest absolute Gasteiger partial charge is 0.390 e. The number of thioether (sulfide) groups is 1. The number of rotatable bonds is 3. The van der Waals surface area contributed by atoms with Crippen molar-refractivity contribution in [2.45, 2.75) is 70.8 Å². The first kappa shape index (κ1) is 18.1. The summed E-state index contributed by atoms with van der Waals surface area (Å²) >= 11 is 1.69. The highest BCUT2D eigenvalue weighted by molar-refractivity contribution is 7.99. The minimum absolute atomic E-state index is 0.249. The first-order valence-corrected chi connectivity index (χ1v) is 11.7. The van der Waals surface area contributed by atoms with Gasteiger partial charge in [0.2, 0.25) is 0 Å². The standard InChI is InChI=1S/C22H34O2S/c1-21(24)10-8-15-14(12-21)4-5-17-16(15)9-11-22(2)18(17)6-7-19(22)20(23)13-25-3/h4,15-19,24H,5-13H2,1-3H3/t15-,16+,17+,18-,19+,21+,22-/m0/s1. The van der Waals surface area contributed by atoms with E-state index in [2.05, 4.69) is 19.3 Å². The zero-order chi connectivity index (χ0) is 17.8. The number of carbonyl (C=O) groups excluding carboxylic acids is 1. The van der Waals surface area contributed by atoms with Crippen LogP contribution in [0.1, 0.15) is 65.2 Å². The summed E-state index contributed by atoms with van der Waals surface area (Å²) in [7, 11) is 0. The van der Waals surface area contributed by atoms with Crippen LogP contribution >= 0.6 is 11.8 Å². The van der Waals surface area contributed by atoms with Gasteiger partial charge in [-0.3, -0.25) is 4.79 Å². The Hall–Kier alpha value is -0.280. The third-order valence-electron chi connectivity index (χ3n) is 8.39. The number of allylic oxidation sites excluding steroid dienone is 1. The fraction of sp³-hybridized carbons (Fsp3) is 0.864. The van der Waals surface area contributed by atoms with Gasteiger partial charge in [-0.15, -0.1) is 0 Å². The Balaban J connectivity index is 1.56. The van der Waals surface area contributed by atoms with E-state index in [4.69, 9.17) is 0 Å². The smallest absolute Gasteiger partial charge is 0.146 e. The quantitative estimate of drug-likeness (QED) is 0.729. The van der Waals surface area contributed by atoms with Gasteiger partial charge < -0.3 is 5.11 Å². The minimum Gasteiger partial charge on any atom is -0.390 e. The number of fused-ring (bicyclic) bond motifs is 5. The van der Waals surface area contributed by atoms with E-state index < -0.39 is 5.60 Å². The molecular formula is C22H34O2S. The summed E-state index contributed by atoms with van der Waals surface area (Å²) < 4.78 is 0. The van der Waals surface area contributed by atoms with Gasteiger partial charge in [-0.25, -0.2) is 0 Å². The van der Waals surface area contributed by atoms with E-state index in [1.54, 1.807) is 17.3 Å². The van der Waals surface area contributed by atoms with E-state index in [0.717, 1.165) is 43.4 Å². The second-order valence-electron chi connectivity index (χ2n) is 9.84. The number of hydrogen-bond acceptors (Lipinski definition) is 3. The van der Waals surface area contributed by atoms with Gasteiger partial charge >= 0.3 is 0 Å². The lowest BCUT2D eigenvalue weighted by atomic mass is 9.51. The van der Waals surface area contributed by atoms with E-state index >= 15 is 0 Å². The second kappa shape index (κ2) is 6.41. The van der Waals surface area contributed by atoms with Gasteiger partial charge in [0.1, 0.15) is 5.78 Å². The Morgan fingerprint density at radius 2 is 2.00 bits per heavy atom. The number of aliphatic hydroxyl groups is 1. The zero-order valence-electron chi connectivity index (χ0n) is 16.1. The predicted octanol–water partition coefficient (Wildman–Crippen LogP) is 4.86. The average Bonchev–Trinajstić information content (AvgIpc) is 2.91. The zero-order valence-corrected chi connectivity index (χ0v) is 16.9. The second-order valence-corrected chi connectivity index (χ2v) is 10.7. The first-order valence-electron chi connectivity index (χ1n) is 10.3. The highest BCUT2D eigenvalue weighted by Crippen LogP contribution is 2.63. The molecule has 0 aromatic heterocycles. The van der Waals surface area contributed by atoms with E-state index in [0.29, 0.717) is 23.4 Å². The lowest BCUT2D eigenvalue weighted by Gasteiger charge is -2.54. The van der Waals surface area contributed by atoms with Gasteiger partial charge in [0.05, 0.1) is 11.4 Å². The van der Waals surface area contributed by atoms with Gasteiger partial charge in [0.25, 0.3) is 0 Å². The van der Waals surface area contributed by atoms with E-state index in [9.17, 15) is 9.90 Å². The summed E-state index contributed by atoms with van der Waals surface area (Å²) in [6.45, 7) is 4.45. The third-order valence-corrected chi connectivity index (χ3v) is 8.97. The number of ketones is 1. The molecule has 3 saturated carbocycles. The Kier molecular flexibility index (Phi) is 4.64. The van der Waals surface area contributed by atoms with E-state index in [1.165, 1.54) is 25.7 Å². The SMILES string of the molecule is CSCC(=O)[C@H]1CC[C@H]2[C@@H]3CC=C4C[C@](C)(O)CC[C@@H]4[C@H]3CC[C@]12C. The maximum absolute atomic E-state index is 12.7. The molecule has 0 radical (unpaired) electrons. The molecule has 7 atom stereocenters. The molecule has 0 spiro atoms. The van der Waals surface area contributed by atoms with Crippen molar-refractivity contribution in [2.75, 3.05) is 12.0 Å². The molecule has 25 heavy (non-hydrogen) atoms. The summed E-state index contributed by atoms with van der Waals surface area (Å²) in [5, 5.41) is 10.5. The Bertz CT molecular complexity index is 581. The van der Waals surface area contributed by atoms with Crippen LogP contribution in [0.5, 0.6) is 0 Å². The summed E-state index contributed by atoms with van der Waals surface area (Å²) in [6, 6.07) is 0. The van der Waals surface area contributed by atoms with Crippen molar-refractivity contribution in [1.29, 1.82) is 0 Å². The van der Waals surface area contributed by atoms with E-state index in [-0.39, 0.29) is 5.41 Å². The van der Waals surface area contributed by atoms with Crippen molar-refractivity contribution >= 4 is 17.5 Å². The maximum Gasteiger partial charge on any atom is 0.146 e. The van der Waals surface area contributed by atoms with Gasteiger partial charge in [-0.05, 0) is 93.6 Å². The van der Waals surface area contributed by atoms with Gasteiger partial charge in [0.15, 0.2) is 0 Å². The molecule has 0 unspecified atom stereocenters. The number of hydrogen-bond donors (Lipinski definition) is 1. The molecule has 3 heteroatoms. The topological polar surface area (TPSA) is 37.3 Å². The Morgan fingerprint density at radius 1 is 1.20 bits per heavy atom. The summed E-state index contributed by atoms with van der Waals surface area (Å²) in [5.41, 5.74) is 1.31. The van der Waals surface area contributed by atoms with Crippen LogP contribution in [0.15, 0.2) is 11.6 Å². The van der Waals surface area contributed by atoms with E-state index in [1.807, 2.05) is 6.92 Å². The normalized spacial score (nSPS) is 49.0. The van der Waals surface area contributed by atoms with Crippen LogP contribution < -0.4 is 0 Å². The third kappa shape index (κ3) is 2.94. The molecule has 140 valence electrons. The summed E-state index contributed by atoms with van der Waals surface area (Å²) in [5.74, 6) is 4.56. The molecule has 4 aliphatic carbocycles. The lowest BCUT2D eigenvalue weighted by Crippen LogP contribution is -2.48. The predicted molar refractivity (Wildman–Crippen MR) is 105 cm³/mol. The molecule has 0 bridgehead atoms. The number of carbonyl (C=O) groups is 1. The van der Waals surface area contributed by atoms with Crippen LogP contribution in [0, 0.1) is 35.0 Å². The molecule has 0 aromatic carbocycles. The molecule has 0 saturated heterocycles. The molecule has 0 aliphatic heterocycles. The lowest BCUT2D eigenvalue weighted by molar-refractivity contribution is -0.126. The average molecular weight is 363 g/mol. The molecule has 4 aliphatic rings. The summed E-state index contributed by atoms with van der Waals surface area (Å²) in [6.07, 6.45) is 13.7. The van der Waals surface area contributed by atoms with Crippen LogP contribution in [-0.4, -0.2) is 28.5 Å². The van der Waals surface area contributed by atoms with Crippen molar-refractivity contribution in [3.8, 4) is 0 Å². The first-order chi connectivity index (χ1) is 11.9. The molecule has 4 rings (SSSR count). The van der Waals surface area contributed by atoms with Crippen molar-refractivity contribution in [1.82, 2.24) is 0 Å². The molecular weight excluding hydrogens is 328 g/mol. The van der Waals surface area contributed by atoms with Crippen LogP contribution in [0.2, 0.25) is 0 Å². The van der Waals surface area contributed by atoms with Crippen molar-refractivity contribution in [2.24, 2.45) is 35.0 Å². The van der Waals surface area contributed by atoms with Gasteiger partial charge in [-0.1, -0.05) is 18.6 Å². The minimum atomic E-state index is -0.485. The molecule has 2 nitrogen and oxygen atoms in total. The molecule has 0 amide bonds. The summed E-state index contributed by atoms with van der Waals surface area (Å²) in [4.78, 5) is 12.7. The van der Waals surface area contributed by atoms with Gasteiger partial charge in [-0.2, -0.15) is 11.8 Å². The van der Waals surface area contributed by atoms with Crippen molar-refractivity contribution in [3.05, 3.63) is 11.6 Å². The Morgan fingerprint density at radius 3 is 2.76 bits per heavy atom. The fourth-order valence-electron chi connectivity index (χ4n) is 7.24. The van der Waals surface area contributed by atoms with Crippen LogP contribution in [0.3, 0.4) is 0 Å². The fourth-order valence-corrected chi connectivity index (χ4v) is 7.72. The van der Waals surface area contributed by atoms with Crippen LogP contribution in [-0.2, 0) is 4.79 Å². The van der Waals surface area contributed by atoms with Crippen molar-refractivity contribution in [3.63, 3.8) is 0 Å². The highest BCUT2D eigenvalue weighted by atomic mass is 32.2. The van der Waals surface area contributed by atoms with Crippen LogP contribution in [0.25, 0.3) is 0 Å². The highest BCUT2D eigenvalue weighted by Gasteiger charge is 2.57. The van der Waals surface area contributed by atoms with Crippen molar-refractivity contribution < 1.29 is 9.90 Å². The number of Topliss-reactive ketones (excluding diaryl/α,β-unsaturated/α-hetero) is 1. The maximum atomic E-state index is 12.7. The molecule has 3 fully saturated rings. The molecule has 0 aromatic rings. The molecule has 1 N–H and O–H groups in total. The Labute approximate surface area is 157 Å². The monoisotopic (exact) mass is 362 g/mol. The van der Waals surface area contributed by atoms with Gasteiger partial charge in [0, 0.05) is 5.92 Å².